The normalized spacial score (nSPS) is 23.4. The molecule has 1 unspecified atom stereocenters. The predicted molar refractivity (Wildman–Crippen MR) is 38.8 cm³/mol. The molecule has 0 aliphatic carbocycles. The third-order valence-electron chi connectivity index (χ3n) is 1.40. The Morgan fingerprint density at radius 2 is 2.40 bits per heavy atom. The van der Waals surface area contributed by atoms with E-state index >= 15 is 0 Å². The lowest BCUT2D eigenvalue weighted by Crippen LogP contribution is -1.81. The molecular formula is C7H11NO2. The van der Waals surface area contributed by atoms with Gasteiger partial charge < -0.3 is 4.74 Å². The minimum absolute atomic E-state index is 0.297. The Bertz CT molecular complexity index is 130. The average Bonchev–Trinajstić information content (AvgIpc) is 2.71. The van der Waals surface area contributed by atoms with Crippen LogP contribution in [0.4, 0.5) is 0 Å². The second kappa shape index (κ2) is 4.17. The summed E-state index contributed by atoms with van der Waals surface area (Å²) in [5, 5.41) is 2.70. The molecule has 0 N–H and O–H groups in total. The second-order valence-corrected chi connectivity index (χ2v) is 2.32. The van der Waals surface area contributed by atoms with Gasteiger partial charge in [0.05, 0.1) is 19.3 Å². The van der Waals surface area contributed by atoms with Crippen molar-refractivity contribution in [2.24, 2.45) is 5.18 Å². The Hall–Kier alpha value is -0.700. The van der Waals surface area contributed by atoms with E-state index in [0.29, 0.717) is 12.6 Å². The molecule has 0 aromatic rings. The van der Waals surface area contributed by atoms with Gasteiger partial charge in [-0.2, -0.15) is 4.91 Å². The molecule has 1 atom stereocenters. The minimum Gasteiger partial charge on any atom is -0.373 e. The third-order valence-corrected chi connectivity index (χ3v) is 1.40. The van der Waals surface area contributed by atoms with Crippen molar-refractivity contribution in [1.29, 1.82) is 0 Å². The van der Waals surface area contributed by atoms with E-state index in [2.05, 4.69) is 5.18 Å². The molecule has 56 valence electrons. The lowest BCUT2D eigenvalue weighted by Gasteiger charge is -1.85. The van der Waals surface area contributed by atoms with E-state index in [0.717, 1.165) is 19.4 Å². The van der Waals surface area contributed by atoms with Gasteiger partial charge >= 0.3 is 0 Å². The molecule has 1 aliphatic rings. The van der Waals surface area contributed by atoms with Crippen molar-refractivity contribution >= 4 is 0 Å². The highest BCUT2D eigenvalue weighted by molar-refractivity contribution is 4.85. The molecular weight excluding hydrogens is 130 g/mol. The molecule has 10 heavy (non-hydrogen) atoms. The van der Waals surface area contributed by atoms with Crippen molar-refractivity contribution in [3.05, 3.63) is 17.1 Å². The highest BCUT2D eigenvalue weighted by Crippen LogP contribution is 2.15. The van der Waals surface area contributed by atoms with Crippen molar-refractivity contribution in [3.8, 4) is 0 Å². The van der Waals surface area contributed by atoms with Crippen molar-refractivity contribution in [3.63, 3.8) is 0 Å². The number of nitroso groups, excluding NO2 is 1. The molecule has 0 saturated carbocycles. The molecule has 1 heterocycles. The van der Waals surface area contributed by atoms with Crippen molar-refractivity contribution < 1.29 is 4.74 Å². The summed E-state index contributed by atoms with van der Waals surface area (Å²) in [6.45, 7) is 1.21. The summed E-state index contributed by atoms with van der Waals surface area (Å²) in [6.07, 6.45) is 6.34. The summed E-state index contributed by atoms with van der Waals surface area (Å²) in [7, 11) is 0. The van der Waals surface area contributed by atoms with E-state index in [1.165, 1.54) is 0 Å². The molecule has 0 aromatic carbocycles. The highest BCUT2D eigenvalue weighted by atomic mass is 16.6. The first-order chi connectivity index (χ1) is 4.93. The Morgan fingerprint density at radius 3 is 3.00 bits per heavy atom. The molecule has 1 rings (SSSR count). The lowest BCUT2D eigenvalue weighted by atomic mass is 10.2. The fraction of sp³-hybridized carbons (Fsp3) is 0.714. The molecule has 3 heteroatoms. The summed E-state index contributed by atoms with van der Waals surface area (Å²) in [5.41, 5.74) is 0. The van der Waals surface area contributed by atoms with Crippen molar-refractivity contribution in [2.45, 2.75) is 18.9 Å². The minimum atomic E-state index is 0.297. The van der Waals surface area contributed by atoms with E-state index in [9.17, 15) is 4.91 Å². The quantitative estimate of drug-likeness (QED) is 0.330. The molecule has 0 radical (unpaired) electrons. The molecule has 0 amide bonds. The number of hydrogen-bond donors (Lipinski definition) is 0. The summed E-state index contributed by atoms with van der Waals surface area (Å²) in [5.74, 6) is 0. The first-order valence-electron chi connectivity index (χ1n) is 3.49. The van der Waals surface area contributed by atoms with Gasteiger partial charge in [-0.1, -0.05) is 17.3 Å². The molecule has 3 nitrogen and oxygen atoms in total. The Balaban J connectivity index is 1.87. The van der Waals surface area contributed by atoms with Crippen LogP contribution in [0.5, 0.6) is 0 Å². The van der Waals surface area contributed by atoms with Crippen LogP contribution in [0.25, 0.3) is 0 Å². The molecule has 0 spiro atoms. The summed E-state index contributed by atoms with van der Waals surface area (Å²) in [4.78, 5) is 9.59. The van der Waals surface area contributed by atoms with Gasteiger partial charge in [0.15, 0.2) is 0 Å². The Morgan fingerprint density at radius 1 is 1.60 bits per heavy atom. The standard InChI is InChI=1S/C7H11NO2/c9-8-5-3-1-2-4-7-6-10-7/h1,3,7H,2,4-6H2/b3-1+. The average molecular weight is 141 g/mol. The third kappa shape index (κ3) is 3.35. The number of ether oxygens (including phenoxy) is 1. The van der Waals surface area contributed by atoms with Crippen LogP contribution < -0.4 is 0 Å². The fourth-order valence-corrected chi connectivity index (χ4v) is 0.752. The topological polar surface area (TPSA) is 42.0 Å². The van der Waals surface area contributed by atoms with E-state index < -0.39 is 0 Å². The van der Waals surface area contributed by atoms with Gasteiger partial charge in [0.2, 0.25) is 0 Å². The Labute approximate surface area is 60.0 Å². The van der Waals surface area contributed by atoms with Crippen molar-refractivity contribution in [1.82, 2.24) is 0 Å². The molecule has 1 saturated heterocycles. The van der Waals surface area contributed by atoms with Gasteiger partial charge in [0.1, 0.15) is 0 Å². The smallest absolute Gasteiger partial charge is 0.0992 e. The number of hydrogen-bond acceptors (Lipinski definition) is 3. The van der Waals surface area contributed by atoms with Gasteiger partial charge in [0, 0.05) is 0 Å². The molecule has 0 bridgehead atoms. The predicted octanol–water partition coefficient (Wildman–Crippen LogP) is 1.49. The number of rotatable bonds is 5. The number of allylic oxidation sites excluding steroid dienone is 1. The van der Waals surface area contributed by atoms with Gasteiger partial charge in [-0.25, -0.2) is 0 Å². The lowest BCUT2D eigenvalue weighted by molar-refractivity contribution is 0.398. The maximum atomic E-state index is 9.59. The van der Waals surface area contributed by atoms with Gasteiger partial charge in [-0.15, -0.1) is 0 Å². The first-order valence-corrected chi connectivity index (χ1v) is 3.49. The molecule has 0 aromatic heterocycles. The van der Waals surface area contributed by atoms with Crippen LogP contribution in [0.15, 0.2) is 17.3 Å². The maximum absolute atomic E-state index is 9.59. The maximum Gasteiger partial charge on any atom is 0.0992 e. The van der Waals surface area contributed by atoms with Crippen LogP contribution in [-0.2, 0) is 4.74 Å². The van der Waals surface area contributed by atoms with Gasteiger partial charge in [-0.05, 0) is 12.8 Å². The summed E-state index contributed by atoms with van der Waals surface area (Å²) in [6, 6.07) is 0. The van der Waals surface area contributed by atoms with Crippen LogP contribution in [0.3, 0.4) is 0 Å². The summed E-state index contributed by atoms with van der Waals surface area (Å²) < 4.78 is 5.00. The van der Waals surface area contributed by atoms with Crippen LogP contribution in [0.1, 0.15) is 12.8 Å². The number of nitrogens with zero attached hydrogens (tertiary/aromatic N) is 1. The van der Waals surface area contributed by atoms with Crippen molar-refractivity contribution in [2.75, 3.05) is 13.2 Å². The fourth-order valence-electron chi connectivity index (χ4n) is 0.752. The monoisotopic (exact) mass is 141 g/mol. The van der Waals surface area contributed by atoms with E-state index in [-0.39, 0.29) is 0 Å². The molecule has 1 fully saturated rings. The van der Waals surface area contributed by atoms with Crippen LogP contribution in [-0.4, -0.2) is 19.3 Å². The van der Waals surface area contributed by atoms with Crippen LogP contribution in [0, 0.1) is 4.91 Å². The SMILES string of the molecule is O=NC/C=C/CCC1CO1. The zero-order chi connectivity index (χ0) is 7.23. The zero-order valence-corrected chi connectivity index (χ0v) is 5.82. The molecule has 1 aliphatic heterocycles. The van der Waals surface area contributed by atoms with Gasteiger partial charge in [-0.3, -0.25) is 0 Å². The van der Waals surface area contributed by atoms with Crippen LogP contribution >= 0.6 is 0 Å². The highest BCUT2D eigenvalue weighted by Gasteiger charge is 2.20. The van der Waals surface area contributed by atoms with Gasteiger partial charge in [0.25, 0.3) is 0 Å². The largest absolute Gasteiger partial charge is 0.373 e. The van der Waals surface area contributed by atoms with E-state index in [1.54, 1.807) is 6.08 Å². The van der Waals surface area contributed by atoms with E-state index in [1.807, 2.05) is 6.08 Å². The van der Waals surface area contributed by atoms with E-state index in [4.69, 9.17) is 4.74 Å². The van der Waals surface area contributed by atoms with Crippen LogP contribution in [0.2, 0.25) is 0 Å². The first kappa shape index (κ1) is 7.41. The number of epoxide rings is 1. The Kier molecular flexibility index (Phi) is 3.09. The zero-order valence-electron chi connectivity index (χ0n) is 5.82. The summed E-state index contributed by atoms with van der Waals surface area (Å²) >= 11 is 0. The second-order valence-electron chi connectivity index (χ2n) is 2.32.